The number of anilines is 1. The Morgan fingerprint density at radius 3 is 2.58 bits per heavy atom. The Labute approximate surface area is 195 Å². The molecule has 0 bridgehead atoms. The molecule has 0 spiro atoms. The largest absolute Gasteiger partial charge is 0.393 e. The van der Waals surface area contributed by atoms with Crippen LogP contribution in [0.1, 0.15) is 73.3 Å². The summed E-state index contributed by atoms with van der Waals surface area (Å²) in [6.07, 6.45) is 6.13. The molecule has 0 unspecified atom stereocenters. The molecule has 0 radical (unpaired) electrons. The van der Waals surface area contributed by atoms with Crippen LogP contribution in [0.2, 0.25) is 0 Å². The van der Waals surface area contributed by atoms with Crippen LogP contribution in [0.4, 0.5) is 5.69 Å². The zero-order valence-electron chi connectivity index (χ0n) is 19.4. The molecule has 178 valence electrons. The number of nitrogens with one attached hydrogen (secondary N) is 1. The van der Waals surface area contributed by atoms with Crippen molar-refractivity contribution in [2.75, 3.05) is 11.1 Å². The Morgan fingerprint density at radius 1 is 1.15 bits per heavy atom. The lowest BCUT2D eigenvalue weighted by Crippen LogP contribution is -2.33. The van der Waals surface area contributed by atoms with Crippen molar-refractivity contribution in [3.8, 4) is 5.69 Å². The smallest absolute Gasteiger partial charge is 0.250 e. The maximum atomic E-state index is 13.3. The van der Waals surface area contributed by atoms with Gasteiger partial charge in [0.1, 0.15) is 0 Å². The number of aliphatic hydroxyl groups is 1. The van der Waals surface area contributed by atoms with Crippen LogP contribution in [0.5, 0.6) is 0 Å². The predicted octanol–water partition coefficient (Wildman–Crippen LogP) is 3.14. The summed E-state index contributed by atoms with van der Waals surface area (Å²) >= 11 is 0. The summed E-state index contributed by atoms with van der Waals surface area (Å²) < 4.78 is 28.7. The minimum atomic E-state index is -3.36. The Hall–Kier alpha value is -2.32. The van der Waals surface area contributed by atoms with Crippen molar-refractivity contribution < 1.29 is 18.3 Å². The molecule has 1 saturated carbocycles. The molecule has 0 atom stereocenters. The number of aliphatic hydroxyl groups excluding tert-OH is 1. The van der Waals surface area contributed by atoms with E-state index in [0.717, 1.165) is 67.6 Å². The molecule has 2 heterocycles. The molecule has 2 aromatic rings. The van der Waals surface area contributed by atoms with Crippen molar-refractivity contribution >= 4 is 21.4 Å². The normalized spacial score (nSPS) is 25.3. The maximum absolute atomic E-state index is 13.3. The Morgan fingerprint density at radius 2 is 1.88 bits per heavy atom. The molecule has 1 amide bonds. The van der Waals surface area contributed by atoms with Gasteiger partial charge < -0.3 is 20.7 Å². The number of hydrogen-bond donors (Lipinski definition) is 3. The van der Waals surface area contributed by atoms with Crippen LogP contribution in [0.15, 0.2) is 23.1 Å². The van der Waals surface area contributed by atoms with E-state index in [1.807, 2.05) is 26.0 Å². The number of rotatable bonds is 4. The highest BCUT2D eigenvalue weighted by Gasteiger charge is 2.42. The molecule has 8 heteroatoms. The van der Waals surface area contributed by atoms with Gasteiger partial charge in [0.15, 0.2) is 9.84 Å². The van der Waals surface area contributed by atoms with Crippen molar-refractivity contribution in [1.29, 1.82) is 0 Å². The zero-order chi connectivity index (χ0) is 23.5. The highest BCUT2D eigenvalue weighted by Crippen LogP contribution is 2.44. The fraction of sp³-hybridized carbons (Fsp3) is 0.560. The SMILES string of the molecule is CC1(C)Cc2c(c3c(n2-c2ccc(C(N)=O)c(NC4CCC(O)CC4)c2)CCC3)S(=O)(=O)C1. The molecule has 1 aromatic carbocycles. The maximum Gasteiger partial charge on any atom is 0.250 e. The number of carbonyl (C=O) groups excluding carboxylic acids is 1. The van der Waals surface area contributed by atoms with Crippen LogP contribution in [0, 0.1) is 5.41 Å². The molecule has 1 fully saturated rings. The lowest BCUT2D eigenvalue weighted by molar-refractivity contribution is 0.100. The molecule has 3 aliphatic rings. The summed E-state index contributed by atoms with van der Waals surface area (Å²) in [5.74, 6) is -0.326. The van der Waals surface area contributed by atoms with Gasteiger partial charge in [0.2, 0.25) is 0 Å². The minimum Gasteiger partial charge on any atom is -0.393 e. The van der Waals surface area contributed by atoms with Crippen LogP contribution >= 0.6 is 0 Å². The van der Waals surface area contributed by atoms with E-state index in [2.05, 4.69) is 9.88 Å². The first-order valence-electron chi connectivity index (χ1n) is 11.9. The minimum absolute atomic E-state index is 0.158. The van der Waals surface area contributed by atoms with Gasteiger partial charge in [-0.3, -0.25) is 4.79 Å². The van der Waals surface area contributed by atoms with E-state index in [4.69, 9.17) is 5.73 Å². The molecule has 1 aromatic heterocycles. The van der Waals surface area contributed by atoms with Gasteiger partial charge in [0, 0.05) is 28.8 Å². The highest BCUT2D eigenvalue weighted by atomic mass is 32.2. The summed E-state index contributed by atoms with van der Waals surface area (Å²) in [5, 5.41) is 13.3. The van der Waals surface area contributed by atoms with E-state index in [0.29, 0.717) is 22.6 Å². The fourth-order valence-corrected chi connectivity index (χ4v) is 8.43. The molecule has 0 saturated heterocycles. The quantitative estimate of drug-likeness (QED) is 0.634. The number of carbonyl (C=O) groups is 1. The van der Waals surface area contributed by atoms with Crippen molar-refractivity contribution in [1.82, 2.24) is 4.57 Å². The van der Waals surface area contributed by atoms with Gasteiger partial charge in [-0.1, -0.05) is 13.8 Å². The van der Waals surface area contributed by atoms with Gasteiger partial charge in [0.05, 0.1) is 22.3 Å². The number of benzene rings is 1. The second kappa shape index (κ2) is 7.87. The van der Waals surface area contributed by atoms with Crippen molar-refractivity contribution in [2.45, 2.75) is 82.3 Å². The van der Waals surface area contributed by atoms with Crippen LogP contribution in [-0.4, -0.2) is 41.9 Å². The van der Waals surface area contributed by atoms with E-state index >= 15 is 0 Å². The zero-order valence-corrected chi connectivity index (χ0v) is 20.2. The van der Waals surface area contributed by atoms with E-state index in [-0.39, 0.29) is 23.3 Å². The second-order valence-electron chi connectivity index (χ2n) is 10.7. The Balaban J connectivity index is 1.63. The summed E-state index contributed by atoms with van der Waals surface area (Å²) in [7, 11) is -3.36. The summed E-state index contributed by atoms with van der Waals surface area (Å²) in [6, 6.07) is 5.72. The van der Waals surface area contributed by atoms with E-state index in [1.165, 1.54) is 0 Å². The number of nitrogens with two attached hydrogens (primary N) is 1. The monoisotopic (exact) mass is 471 g/mol. The third-order valence-corrected chi connectivity index (χ3v) is 9.65. The molecular weight excluding hydrogens is 438 g/mol. The summed E-state index contributed by atoms with van der Waals surface area (Å²) in [6.45, 7) is 4.02. The number of aromatic nitrogens is 1. The summed E-state index contributed by atoms with van der Waals surface area (Å²) in [4.78, 5) is 12.7. The van der Waals surface area contributed by atoms with Crippen molar-refractivity contribution in [3.63, 3.8) is 0 Å². The lowest BCUT2D eigenvalue weighted by atomic mass is 9.89. The fourth-order valence-electron chi connectivity index (χ4n) is 6.03. The first-order valence-corrected chi connectivity index (χ1v) is 13.6. The van der Waals surface area contributed by atoms with Gasteiger partial charge in [-0.15, -0.1) is 0 Å². The third-order valence-electron chi connectivity index (χ3n) is 7.39. The first kappa shape index (κ1) is 22.5. The van der Waals surface area contributed by atoms with Crippen LogP contribution < -0.4 is 11.1 Å². The van der Waals surface area contributed by atoms with E-state index in [9.17, 15) is 18.3 Å². The van der Waals surface area contributed by atoms with Gasteiger partial charge in [-0.05, 0) is 80.5 Å². The number of primary amides is 1. The van der Waals surface area contributed by atoms with Gasteiger partial charge in [-0.25, -0.2) is 8.42 Å². The van der Waals surface area contributed by atoms with E-state index < -0.39 is 15.7 Å². The predicted molar refractivity (Wildman–Crippen MR) is 128 cm³/mol. The molecule has 4 N–H and O–H groups in total. The average molecular weight is 472 g/mol. The van der Waals surface area contributed by atoms with Crippen LogP contribution in [-0.2, 0) is 29.1 Å². The molecular formula is C25H33N3O4S. The number of hydrogen-bond acceptors (Lipinski definition) is 5. The van der Waals surface area contributed by atoms with E-state index in [1.54, 1.807) is 6.07 Å². The van der Waals surface area contributed by atoms with Gasteiger partial charge in [0.25, 0.3) is 5.91 Å². The molecule has 5 rings (SSSR count). The van der Waals surface area contributed by atoms with Crippen LogP contribution in [0.3, 0.4) is 0 Å². The molecule has 2 aliphatic carbocycles. The number of sulfone groups is 1. The van der Waals surface area contributed by atoms with Crippen LogP contribution in [0.25, 0.3) is 5.69 Å². The molecule has 33 heavy (non-hydrogen) atoms. The number of fused-ring (bicyclic) bond motifs is 3. The number of nitrogens with zero attached hydrogens (tertiary/aromatic N) is 1. The molecule has 1 aliphatic heterocycles. The van der Waals surface area contributed by atoms with Gasteiger partial charge in [-0.2, -0.15) is 0 Å². The molecule has 7 nitrogen and oxygen atoms in total. The second-order valence-corrected chi connectivity index (χ2v) is 12.7. The topological polar surface area (TPSA) is 114 Å². The third kappa shape index (κ3) is 3.97. The van der Waals surface area contributed by atoms with Crippen molar-refractivity contribution in [3.05, 3.63) is 40.7 Å². The van der Waals surface area contributed by atoms with Crippen molar-refractivity contribution in [2.24, 2.45) is 11.1 Å². The highest BCUT2D eigenvalue weighted by molar-refractivity contribution is 7.91. The summed E-state index contributed by atoms with van der Waals surface area (Å²) in [5.41, 5.74) is 10.2. The standard InChI is InChI=1S/C25H33N3O4S/c1-25(2)13-22-23(33(31,32)14-25)19-4-3-5-21(19)28(22)16-8-11-18(24(26)30)20(12-16)27-15-6-9-17(29)10-7-15/h8,11-12,15,17,27,29H,3-7,9-10,13-14H2,1-2H3,(H2,26,30). The van der Waals surface area contributed by atoms with Gasteiger partial charge >= 0.3 is 0 Å². The number of amides is 1. The first-order chi connectivity index (χ1) is 15.6. The average Bonchev–Trinajstić information content (AvgIpc) is 3.27. The Bertz CT molecular complexity index is 1220. The lowest BCUT2D eigenvalue weighted by Gasteiger charge is -2.31. The Kier molecular flexibility index (Phi) is 5.36.